The number of fused-ring (bicyclic) bond motifs is 1. The van der Waals surface area contributed by atoms with Crippen molar-refractivity contribution in [3.05, 3.63) is 18.2 Å². The number of rotatable bonds is 2. The number of benzene rings is 1. The van der Waals surface area contributed by atoms with E-state index in [0.29, 0.717) is 10.2 Å². The summed E-state index contributed by atoms with van der Waals surface area (Å²) < 4.78 is 55.1. The molecule has 0 amide bonds. The molecule has 1 aromatic carbocycles. The van der Waals surface area contributed by atoms with Crippen LogP contribution in [-0.2, 0) is 20.0 Å². The summed E-state index contributed by atoms with van der Waals surface area (Å²) in [6, 6.07) is 3.55. The van der Waals surface area contributed by atoms with Gasteiger partial charge in [0.15, 0.2) is 0 Å². The van der Waals surface area contributed by atoms with E-state index in [1.807, 2.05) is 0 Å². The Balaban J connectivity index is 0.00000162. The number of hydrogen-bond donors (Lipinski definition) is 0. The molecule has 0 atom stereocenters. The standard InChI is InChI=1S/C8H7NO5S3.K/c1-16(10,11)8-9-6-3-2-5(17(12,13)14)4-7(6)15-8;/h2-4H,1H3,(H,12,13,14);/q;+1/p-1. The number of aromatic nitrogens is 1. The van der Waals surface area contributed by atoms with Crippen LogP contribution in [0.15, 0.2) is 27.4 Å². The third-order valence-corrected chi connectivity index (χ3v) is 5.47. The molecular weight excluding hydrogens is 325 g/mol. The molecule has 0 saturated carbocycles. The number of thiazole rings is 1. The van der Waals surface area contributed by atoms with Crippen molar-refractivity contribution < 1.29 is 72.8 Å². The van der Waals surface area contributed by atoms with Crippen LogP contribution in [0.4, 0.5) is 0 Å². The topological polar surface area (TPSA) is 104 Å². The summed E-state index contributed by atoms with van der Waals surface area (Å²) in [4.78, 5) is 3.45. The van der Waals surface area contributed by atoms with Crippen molar-refractivity contribution in [2.45, 2.75) is 9.24 Å². The second-order valence-electron chi connectivity index (χ2n) is 3.34. The van der Waals surface area contributed by atoms with Crippen molar-refractivity contribution in [1.82, 2.24) is 4.98 Å². The Morgan fingerprint density at radius 2 is 1.83 bits per heavy atom. The van der Waals surface area contributed by atoms with Crippen LogP contribution in [0.2, 0.25) is 0 Å². The maximum atomic E-state index is 11.3. The minimum absolute atomic E-state index is 0. The van der Waals surface area contributed by atoms with Crippen LogP contribution >= 0.6 is 11.3 Å². The predicted molar refractivity (Wildman–Crippen MR) is 60.7 cm³/mol. The molecule has 6 nitrogen and oxygen atoms in total. The number of hydrogen-bond acceptors (Lipinski definition) is 7. The zero-order chi connectivity index (χ0) is 12.8. The molecule has 0 aliphatic carbocycles. The molecule has 10 heteroatoms. The van der Waals surface area contributed by atoms with Gasteiger partial charge in [-0.1, -0.05) is 0 Å². The summed E-state index contributed by atoms with van der Waals surface area (Å²) in [6.07, 6.45) is 1.01. The Kier molecular flexibility index (Phi) is 5.13. The van der Waals surface area contributed by atoms with Gasteiger partial charge in [-0.3, -0.25) is 0 Å². The second kappa shape index (κ2) is 5.54. The Morgan fingerprint density at radius 3 is 2.33 bits per heavy atom. The first-order valence-electron chi connectivity index (χ1n) is 4.24. The molecule has 0 unspecified atom stereocenters. The van der Waals surface area contributed by atoms with E-state index in [-0.39, 0.29) is 55.7 Å². The van der Waals surface area contributed by atoms with Crippen LogP contribution < -0.4 is 51.4 Å². The largest absolute Gasteiger partial charge is 1.00 e. The van der Waals surface area contributed by atoms with Crippen molar-refractivity contribution >= 4 is 41.5 Å². The van der Waals surface area contributed by atoms with Gasteiger partial charge in [-0.2, -0.15) is 0 Å². The minimum atomic E-state index is -4.54. The van der Waals surface area contributed by atoms with Crippen LogP contribution in [0, 0.1) is 0 Å². The fourth-order valence-corrected chi connectivity index (χ4v) is 3.64. The van der Waals surface area contributed by atoms with E-state index in [9.17, 15) is 21.4 Å². The Morgan fingerprint density at radius 1 is 1.22 bits per heavy atom. The van der Waals surface area contributed by atoms with E-state index in [0.717, 1.165) is 29.7 Å². The molecule has 0 aliphatic rings. The summed E-state index contributed by atoms with van der Waals surface area (Å²) in [5.41, 5.74) is 0.350. The molecule has 0 fully saturated rings. The maximum absolute atomic E-state index is 11.3. The SMILES string of the molecule is CS(=O)(=O)c1nc2ccc(S(=O)(=O)[O-])cc2s1.[K+]. The van der Waals surface area contributed by atoms with Gasteiger partial charge >= 0.3 is 51.4 Å². The molecule has 0 bridgehead atoms. The quantitative estimate of drug-likeness (QED) is 0.449. The van der Waals surface area contributed by atoms with E-state index in [2.05, 4.69) is 4.98 Å². The smallest absolute Gasteiger partial charge is 0.744 e. The summed E-state index contributed by atoms with van der Waals surface area (Å²) in [5.74, 6) is 0. The monoisotopic (exact) mass is 331 g/mol. The number of sulfone groups is 1. The first-order chi connectivity index (χ1) is 7.68. The van der Waals surface area contributed by atoms with Crippen molar-refractivity contribution in [2.75, 3.05) is 6.26 Å². The van der Waals surface area contributed by atoms with Gasteiger partial charge in [0.25, 0.3) is 0 Å². The molecule has 2 aromatic rings. The molecule has 1 heterocycles. The summed E-state index contributed by atoms with van der Waals surface area (Å²) in [5, 5.41) is 0. The van der Waals surface area contributed by atoms with Crippen molar-refractivity contribution in [2.24, 2.45) is 0 Å². The van der Waals surface area contributed by atoms with E-state index in [4.69, 9.17) is 0 Å². The first-order valence-corrected chi connectivity index (χ1v) is 8.36. The van der Waals surface area contributed by atoms with Gasteiger partial charge in [0, 0.05) is 6.26 Å². The Bertz CT molecular complexity index is 763. The predicted octanol–water partition coefficient (Wildman–Crippen LogP) is -2.39. The fourth-order valence-electron chi connectivity index (χ4n) is 1.20. The minimum Gasteiger partial charge on any atom is -0.744 e. The van der Waals surface area contributed by atoms with Gasteiger partial charge in [-0.25, -0.2) is 21.8 Å². The maximum Gasteiger partial charge on any atom is 1.00 e. The zero-order valence-corrected chi connectivity index (χ0v) is 15.0. The molecule has 2 rings (SSSR count). The van der Waals surface area contributed by atoms with Crippen LogP contribution in [0.1, 0.15) is 0 Å². The third kappa shape index (κ3) is 3.58. The number of nitrogens with zero attached hydrogens (tertiary/aromatic N) is 1. The first kappa shape index (κ1) is 16.7. The van der Waals surface area contributed by atoms with Crippen molar-refractivity contribution in [3.63, 3.8) is 0 Å². The molecule has 1 aromatic heterocycles. The van der Waals surface area contributed by atoms with E-state index in [1.54, 1.807) is 0 Å². The molecule has 0 saturated heterocycles. The fraction of sp³-hybridized carbons (Fsp3) is 0.125. The average Bonchev–Trinajstić information content (AvgIpc) is 2.57. The van der Waals surface area contributed by atoms with E-state index >= 15 is 0 Å². The van der Waals surface area contributed by atoms with Crippen LogP contribution in [-0.4, -0.2) is 32.6 Å². The Labute approximate surface area is 151 Å². The van der Waals surface area contributed by atoms with Gasteiger partial charge in [0.2, 0.25) is 14.2 Å². The van der Waals surface area contributed by atoms with E-state index < -0.39 is 24.9 Å². The van der Waals surface area contributed by atoms with E-state index in [1.165, 1.54) is 6.07 Å². The molecule has 0 radical (unpaired) electrons. The molecule has 18 heavy (non-hydrogen) atoms. The normalized spacial score (nSPS) is 12.3. The zero-order valence-electron chi connectivity index (χ0n) is 9.45. The van der Waals surface area contributed by atoms with Gasteiger partial charge in [-0.15, -0.1) is 11.3 Å². The molecule has 0 aliphatic heterocycles. The van der Waals surface area contributed by atoms with Gasteiger partial charge < -0.3 is 4.55 Å². The second-order valence-corrected chi connectivity index (χ2v) is 7.94. The van der Waals surface area contributed by atoms with Crippen LogP contribution in [0.5, 0.6) is 0 Å². The Hall–Kier alpha value is 0.606. The molecule has 0 spiro atoms. The molecular formula is C8H6KNO5S3. The summed E-state index contributed by atoms with van der Waals surface area (Å²) in [7, 11) is -7.97. The van der Waals surface area contributed by atoms with Gasteiger partial charge in [0.05, 0.1) is 15.1 Å². The van der Waals surface area contributed by atoms with Gasteiger partial charge in [0.1, 0.15) is 10.1 Å². The van der Waals surface area contributed by atoms with Crippen LogP contribution in [0.3, 0.4) is 0 Å². The van der Waals surface area contributed by atoms with Crippen LogP contribution in [0.25, 0.3) is 10.2 Å². The third-order valence-electron chi connectivity index (χ3n) is 1.95. The summed E-state index contributed by atoms with van der Waals surface area (Å²) in [6.45, 7) is 0. The molecule has 0 N–H and O–H groups in total. The molecule has 92 valence electrons. The van der Waals surface area contributed by atoms with Crippen molar-refractivity contribution in [3.8, 4) is 0 Å². The van der Waals surface area contributed by atoms with Crippen molar-refractivity contribution in [1.29, 1.82) is 0 Å². The summed E-state index contributed by atoms with van der Waals surface area (Å²) >= 11 is 0.832. The average molecular weight is 331 g/mol. The van der Waals surface area contributed by atoms with Gasteiger partial charge in [-0.05, 0) is 18.2 Å².